The maximum atomic E-state index is 4.74. The molecular weight excluding hydrogens is 305 g/mol. The predicted molar refractivity (Wildman–Crippen MR) is 84.2 cm³/mol. The van der Waals surface area contributed by atoms with Gasteiger partial charge in [0.25, 0.3) is 0 Å². The second-order valence-electron chi connectivity index (χ2n) is 6.60. The van der Waals surface area contributed by atoms with Crippen LogP contribution in [0.3, 0.4) is 0 Å². The summed E-state index contributed by atoms with van der Waals surface area (Å²) in [6.07, 6.45) is 1.97. The Bertz CT molecular complexity index is 351. The Labute approximate surface area is 115 Å². The van der Waals surface area contributed by atoms with Crippen LogP contribution in [0.2, 0.25) is 45.1 Å². The molecule has 96 valence electrons. The molecule has 1 aromatic rings. The van der Waals surface area contributed by atoms with Gasteiger partial charge in [0.05, 0.1) is 0 Å². The zero-order chi connectivity index (χ0) is 13.3. The first kappa shape index (κ1) is 15.2. The fourth-order valence-electron chi connectivity index (χ4n) is 3.18. The van der Waals surface area contributed by atoms with E-state index in [0.29, 0.717) is 18.5 Å². The summed E-state index contributed by atoms with van der Waals surface area (Å²) < 4.78 is 0.439. The molecule has 0 bridgehead atoms. The summed E-state index contributed by atoms with van der Waals surface area (Å²) in [5, 5.41) is 0. The maximum absolute atomic E-state index is 4.74. The van der Waals surface area contributed by atoms with Gasteiger partial charge >= 0.3 is 115 Å². The molecule has 0 aliphatic carbocycles. The van der Waals surface area contributed by atoms with Crippen LogP contribution >= 0.6 is 0 Å². The molecule has 1 rings (SSSR count). The summed E-state index contributed by atoms with van der Waals surface area (Å²) in [4.78, 5) is 4.74. The average Bonchev–Trinajstić information content (AvgIpc) is 2.16. The molecule has 0 fully saturated rings. The molecule has 0 aliphatic rings. The molecule has 1 heterocycles. The topological polar surface area (TPSA) is 12.9 Å². The summed E-state index contributed by atoms with van der Waals surface area (Å²) in [6.45, 7) is 15.1. The minimum atomic E-state index is -1.29. The van der Waals surface area contributed by atoms with Crippen molar-refractivity contribution < 1.29 is 0 Å². The van der Waals surface area contributed by atoms with Gasteiger partial charge in [-0.1, -0.05) is 0 Å². The number of pyridine rings is 1. The van der Waals surface area contributed by atoms with E-state index < -0.39 is 16.1 Å². The molecule has 0 saturated heterocycles. The molecule has 1 nitrogen and oxygen atoms in total. The van der Waals surface area contributed by atoms with E-state index in [1.54, 1.807) is 0 Å². The van der Waals surface area contributed by atoms with Gasteiger partial charge in [-0.05, 0) is 0 Å². The average molecular weight is 330 g/mol. The van der Waals surface area contributed by atoms with Crippen LogP contribution in [0.15, 0.2) is 24.4 Å². The first-order chi connectivity index (χ1) is 7.67. The van der Waals surface area contributed by atoms with E-state index >= 15 is 0 Å². The normalized spacial score (nSPS) is 13.8. The van der Waals surface area contributed by atoms with Gasteiger partial charge in [-0.25, -0.2) is 0 Å². The van der Waals surface area contributed by atoms with Crippen LogP contribution in [0.4, 0.5) is 0 Å². The van der Waals surface area contributed by atoms with Gasteiger partial charge in [0, 0.05) is 0 Å². The van der Waals surface area contributed by atoms with E-state index in [4.69, 9.17) is 4.98 Å². The van der Waals surface area contributed by atoms with E-state index in [-0.39, 0.29) is 0 Å². The third-order valence-electron chi connectivity index (χ3n) is 3.44. The van der Waals surface area contributed by atoms with Crippen LogP contribution < -0.4 is 0 Å². The molecule has 0 amide bonds. The molecule has 17 heavy (non-hydrogen) atoms. The molecule has 4 heteroatoms. The summed E-state index contributed by atoms with van der Waals surface area (Å²) in [7, 11) is -2.57. The van der Waals surface area contributed by atoms with Crippen LogP contribution in [-0.2, 0) is 3.56 Å². The van der Waals surface area contributed by atoms with Crippen molar-refractivity contribution in [1.82, 2.24) is 4.98 Å². The van der Waals surface area contributed by atoms with Gasteiger partial charge in [-0.15, -0.1) is 0 Å². The zero-order valence-electron chi connectivity index (χ0n) is 12.2. The molecule has 0 saturated carbocycles. The molecule has 0 aliphatic heterocycles. The van der Waals surface area contributed by atoms with Crippen molar-refractivity contribution in [3.05, 3.63) is 30.1 Å². The summed E-state index contributed by atoms with van der Waals surface area (Å²) in [6, 6.07) is 6.45. The number of nitrogens with zero attached hydrogens (tertiary/aromatic N) is 1. The van der Waals surface area contributed by atoms with Crippen molar-refractivity contribution in [3.63, 3.8) is 0 Å². The van der Waals surface area contributed by atoms with Crippen molar-refractivity contribution in [2.45, 2.75) is 48.7 Å². The third-order valence-corrected chi connectivity index (χ3v) is 24.2. The van der Waals surface area contributed by atoms with Crippen LogP contribution in [0.1, 0.15) is 5.69 Å². The Hall–Kier alpha value is 0.103. The number of aromatic nitrogens is 1. The standard InChI is InChI=1S/C13H25NSeSi2/c1-15-13(16(2,3)4,17(5,6)7)12-10-8-9-11-14-12/h8-11H,1-7H3. The Balaban J connectivity index is 3.49. The molecule has 0 unspecified atom stereocenters. The summed E-state index contributed by atoms with van der Waals surface area (Å²) in [5.41, 5.74) is 1.38. The van der Waals surface area contributed by atoms with Gasteiger partial charge in [-0.2, -0.15) is 0 Å². The van der Waals surface area contributed by atoms with Crippen molar-refractivity contribution >= 4 is 31.1 Å². The van der Waals surface area contributed by atoms with Gasteiger partial charge in [0.2, 0.25) is 0 Å². The quantitative estimate of drug-likeness (QED) is 0.766. The van der Waals surface area contributed by atoms with Crippen molar-refractivity contribution in [3.8, 4) is 0 Å². The van der Waals surface area contributed by atoms with E-state index in [0.717, 1.165) is 0 Å². The predicted octanol–water partition coefficient (Wildman–Crippen LogP) is 3.78. The molecule has 0 spiro atoms. The molecule has 0 aromatic carbocycles. The Morgan fingerprint density at radius 1 is 1.00 bits per heavy atom. The minimum absolute atomic E-state index is 0.439. The molecule has 0 N–H and O–H groups in total. The molecular formula is C13H25NSeSi2. The SMILES string of the molecule is C[Se]C(c1ccccn1)([Si](C)(C)C)[Si](C)(C)C. The van der Waals surface area contributed by atoms with Crippen LogP contribution in [0.25, 0.3) is 0 Å². The van der Waals surface area contributed by atoms with Crippen LogP contribution in [-0.4, -0.2) is 36.1 Å². The first-order valence-corrected chi connectivity index (χ1v) is 15.7. The molecule has 0 atom stereocenters. The van der Waals surface area contributed by atoms with E-state index in [1.807, 2.05) is 12.3 Å². The monoisotopic (exact) mass is 331 g/mol. The molecule has 0 radical (unpaired) electrons. The number of rotatable bonds is 4. The van der Waals surface area contributed by atoms with Gasteiger partial charge in [0.1, 0.15) is 0 Å². The van der Waals surface area contributed by atoms with Gasteiger partial charge in [-0.3, -0.25) is 0 Å². The third kappa shape index (κ3) is 2.60. The Morgan fingerprint density at radius 3 is 1.82 bits per heavy atom. The van der Waals surface area contributed by atoms with Gasteiger partial charge < -0.3 is 0 Å². The zero-order valence-corrected chi connectivity index (χ0v) is 15.9. The first-order valence-electron chi connectivity index (χ1n) is 6.13. The van der Waals surface area contributed by atoms with E-state index in [2.05, 4.69) is 57.2 Å². The van der Waals surface area contributed by atoms with E-state index in [9.17, 15) is 0 Å². The second kappa shape index (κ2) is 5.00. The van der Waals surface area contributed by atoms with Crippen molar-refractivity contribution in [1.29, 1.82) is 0 Å². The van der Waals surface area contributed by atoms with E-state index in [1.165, 1.54) is 5.69 Å². The fraction of sp³-hybridized carbons (Fsp3) is 0.615. The number of hydrogen-bond acceptors (Lipinski definition) is 1. The van der Waals surface area contributed by atoms with Crippen LogP contribution in [0.5, 0.6) is 0 Å². The fourth-order valence-corrected chi connectivity index (χ4v) is 23.6. The summed E-state index contributed by atoms with van der Waals surface area (Å²) >= 11 is 0.621. The van der Waals surface area contributed by atoms with Gasteiger partial charge in [0.15, 0.2) is 0 Å². The van der Waals surface area contributed by atoms with Crippen LogP contribution in [0, 0.1) is 0 Å². The number of hydrogen-bond donors (Lipinski definition) is 0. The Morgan fingerprint density at radius 2 is 1.53 bits per heavy atom. The van der Waals surface area contributed by atoms with Crippen molar-refractivity contribution in [2.75, 3.05) is 0 Å². The Kier molecular flexibility index (Phi) is 4.46. The molecule has 1 aromatic heterocycles. The summed E-state index contributed by atoms with van der Waals surface area (Å²) in [5.74, 6) is 2.41. The second-order valence-corrected chi connectivity index (χ2v) is 21.4. The van der Waals surface area contributed by atoms with Crippen molar-refractivity contribution in [2.24, 2.45) is 0 Å².